The van der Waals surface area contributed by atoms with E-state index in [-0.39, 0.29) is 11.1 Å². The summed E-state index contributed by atoms with van der Waals surface area (Å²) in [6.07, 6.45) is 0. The van der Waals surface area contributed by atoms with Gasteiger partial charge in [0.05, 0.1) is 37.8 Å². The van der Waals surface area contributed by atoms with Crippen LogP contribution in [0.5, 0.6) is 0 Å². The minimum atomic E-state index is -2.05. The minimum absolute atomic E-state index is 0.251. The smallest absolute Gasteiger partial charge is 0.337 e. The van der Waals surface area contributed by atoms with Crippen molar-refractivity contribution in [3.05, 3.63) is 82.9 Å². The van der Waals surface area contributed by atoms with Crippen molar-refractivity contribution in [1.82, 2.24) is 0 Å². The van der Waals surface area contributed by atoms with Crippen molar-refractivity contribution in [2.75, 3.05) is 14.2 Å². The molecular formula is C24H19FN2O5. The van der Waals surface area contributed by atoms with Crippen molar-refractivity contribution < 1.29 is 28.6 Å². The number of methoxy groups -OCH3 is 2. The summed E-state index contributed by atoms with van der Waals surface area (Å²) in [5.74, 6) is -7.27. The molecule has 1 aliphatic carbocycles. The van der Waals surface area contributed by atoms with Crippen molar-refractivity contribution in [3.8, 4) is 12.1 Å². The third kappa shape index (κ3) is 3.46. The van der Waals surface area contributed by atoms with Crippen LogP contribution in [-0.2, 0) is 19.1 Å². The van der Waals surface area contributed by atoms with E-state index in [1.165, 1.54) is 12.1 Å². The van der Waals surface area contributed by atoms with Gasteiger partial charge in [0, 0.05) is 5.92 Å². The number of aliphatic hydroxyl groups is 1. The van der Waals surface area contributed by atoms with E-state index in [1.807, 2.05) is 12.1 Å². The molecule has 0 amide bonds. The summed E-state index contributed by atoms with van der Waals surface area (Å²) in [6, 6.07) is 17.1. The predicted octanol–water partition coefficient (Wildman–Crippen LogP) is 3.51. The van der Waals surface area contributed by atoms with Gasteiger partial charge in [-0.05, 0) is 23.3 Å². The molecule has 162 valence electrons. The Morgan fingerprint density at radius 2 is 1.56 bits per heavy atom. The van der Waals surface area contributed by atoms with Crippen LogP contribution < -0.4 is 0 Å². The maximum Gasteiger partial charge on any atom is 0.337 e. The van der Waals surface area contributed by atoms with Crippen LogP contribution in [-0.4, -0.2) is 31.3 Å². The molecule has 0 aliphatic heterocycles. The largest absolute Gasteiger partial charge is 0.511 e. The van der Waals surface area contributed by atoms with Crippen LogP contribution in [0.15, 0.2) is 65.9 Å². The van der Waals surface area contributed by atoms with Gasteiger partial charge >= 0.3 is 11.9 Å². The van der Waals surface area contributed by atoms with E-state index in [4.69, 9.17) is 9.47 Å². The van der Waals surface area contributed by atoms with Gasteiger partial charge in [-0.3, -0.25) is 4.79 Å². The molecule has 8 heteroatoms. The number of benzene rings is 2. The highest BCUT2D eigenvalue weighted by Crippen LogP contribution is 2.58. The lowest BCUT2D eigenvalue weighted by atomic mass is 9.54. The van der Waals surface area contributed by atoms with E-state index < -0.39 is 46.7 Å². The number of nitrogens with zero attached hydrogens (tertiary/aromatic N) is 2. The molecule has 0 unspecified atom stereocenters. The highest BCUT2D eigenvalue weighted by molar-refractivity contribution is 5.94. The number of carbonyl (C=O) groups is 2. The molecule has 2 aromatic rings. The summed E-state index contributed by atoms with van der Waals surface area (Å²) in [6.45, 7) is 0. The monoisotopic (exact) mass is 434 g/mol. The lowest BCUT2D eigenvalue weighted by Gasteiger charge is -2.44. The fourth-order valence-electron chi connectivity index (χ4n) is 4.34. The Morgan fingerprint density at radius 3 is 2.06 bits per heavy atom. The number of hydrogen-bond acceptors (Lipinski definition) is 7. The van der Waals surface area contributed by atoms with Crippen LogP contribution in [0, 0.1) is 39.8 Å². The second kappa shape index (κ2) is 8.91. The predicted molar refractivity (Wildman–Crippen MR) is 109 cm³/mol. The molecule has 0 spiro atoms. The van der Waals surface area contributed by atoms with Gasteiger partial charge in [0.1, 0.15) is 17.5 Å². The molecule has 0 saturated heterocycles. The van der Waals surface area contributed by atoms with Crippen molar-refractivity contribution >= 4 is 11.9 Å². The summed E-state index contributed by atoms with van der Waals surface area (Å²) in [5.41, 5.74) is -1.79. The van der Waals surface area contributed by atoms with Crippen LogP contribution >= 0.6 is 0 Å². The zero-order valence-corrected chi connectivity index (χ0v) is 17.3. The molecule has 1 aliphatic rings. The Hall–Kier alpha value is -4.17. The standard InChI is InChI=1S/C24H19FN2O5/c1-31-22(29)17-19(14-6-4-3-5-7-14)24(12-26,13-27)20(15-8-10-16(25)11-9-15)18(21(17)28)23(30)32-2/h3-11,18-20,28H,1-2H3/t18-,19-,20-/m1/s1. The third-order valence-electron chi connectivity index (χ3n) is 5.73. The molecule has 0 fully saturated rings. The van der Waals surface area contributed by atoms with E-state index in [1.54, 1.807) is 30.3 Å². The summed E-state index contributed by atoms with van der Waals surface area (Å²) in [5, 5.41) is 31.8. The van der Waals surface area contributed by atoms with Crippen molar-refractivity contribution in [1.29, 1.82) is 10.5 Å². The molecule has 2 aromatic carbocycles. The number of nitriles is 2. The van der Waals surface area contributed by atoms with Gasteiger partial charge in [-0.1, -0.05) is 42.5 Å². The molecule has 3 atom stereocenters. The number of esters is 2. The molecule has 0 heterocycles. The van der Waals surface area contributed by atoms with Gasteiger partial charge in [-0.15, -0.1) is 0 Å². The summed E-state index contributed by atoms with van der Waals surface area (Å²) in [7, 11) is 2.17. The molecule has 0 bridgehead atoms. The van der Waals surface area contributed by atoms with Gasteiger partial charge in [0.2, 0.25) is 0 Å². The number of aliphatic hydroxyl groups excluding tert-OH is 1. The van der Waals surface area contributed by atoms with Gasteiger partial charge in [-0.25, -0.2) is 9.18 Å². The van der Waals surface area contributed by atoms with Crippen LogP contribution in [0.4, 0.5) is 4.39 Å². The van der Waals surface area contributed by atoms with E-state index in [2.05, 4.69) is 0 Å². The average molecular weight is 434 g/mol. The average Bonchev–Trinajstić information content (AvgIpc) is 2.83. The number of halogens is 1. The first-order valence-corrected chi connectivity index (χ1v) is 9.58. The first-order chi connectivity index (χ1) is 15.4. The van der Waals surface area contributed by atoms with Gasteiger partial charge in [-0.2, -0.15) is 10.5 Å². The second-order valence-corrected chi connectivity index (χ2v) is 7.26. The Kier molecular flexibility index (Phi) is 6.27. The zero-order valence-electron chi connectivity index (χ0n) is 17.3. The number of hydrogen-bond donors (Lipinski definition) is 1. The van der Waals surface area contributed by atoms with Crippen molar-refractivity contribution in [2.24, 2.45) is 11.3 Å². The van der Waals surface area contributed by atoms with Gasteiger partial charge in [0.15, 0.2) is 5.41 Å². The molecule has 0 saturated carbocycles. The number of rotatable bonds is 4. The first-order valence-electron chi connectivity index (χ1n) is 9.58. The lowest BCUT2D eigenvalue weighted by molar-refractivity contribution is -0.147. The first kappa shape index (κ1) is 22.5. The maximum atomic E-state index is 13.6. The Labute approximate surface area is 183 Å². The molecule has 1 N–H and O–H groups in total. The molecule has 32 heavy (non-hydrogen) atoms. The normalized spacial score (nSPS) is 21.7. The fourth-order valence-corrected chi connectivity index (χ4v) is 4.34. The number of carbonyl (C=O) groups excluding carboxylic acids is 2. The van der Waals surface area contributed by atoms with Crippen LogP contribution in [0.3, 0.4) is 0 Å². The molecular weight excluding hydrogens is 415 g/mol. The lowest BCUT2D eigenvalue weighted by Crippen LogP contribution is -2.47. The van der Waals surface area contributed by atoms with E-state index in [0.29, 0.717) is 5.56 Å². The topological polar surface area (TPSA) is 120 Å². The summed E-state index contributed by atoms with van der Waals surface area (Å²) < 4.78 is 23.3. The molecule has 0 radical (unpaired) electrons. The highest BCUT2D eigenvalue weighted by Gasteiger charge is 2.61. The van der Waals surface area contributed by atoms with Crippen LogP contribution in [0.25, 0.3) is 0 Å². The molecule has 7 nitrogen and oxygen atoms in total. The highest BCUT2D eigenvalue weighted by atomic mass is 19.1. The van der Waals surface area contributed by atoms with Gasteiger partial charge in [0.25, 0.3) is 0 Å². The quantitative estimate of drug-likeness (QED) is 0.731. The van der Waals surface area contributed by atoms with Crippen molar-refractivity contribution in [3.63, 3.8) is 0 Å². The molecule has 0 aromatic heterocycles. The molecule has 3 rings (SSSR count). The van der Waals surface area contributed by atoms with E-state index in [0.717, 1.165) is 26.4 Å². The zero-order chi connectivity index (χ0) is 23.5. The number of ether oxygens (including phenoxy) is 2. The second-order valence-electron chi connectivity index (χ2n) is 7.26. The van der Waals surface area contributed by atoms with Crippen LogP contribution in [0.1, 0.15) is 23.0 Å². The van der Waals surface area contributed by atoms with Crippen molar-refractivity contribution in [2.45, 2.75) is 11.8 Å². The Bertz CT molecular complexity index is 1130. The Balaban J connectivity index is 2.47. The van der Waals surface area contributed by atoms with Crippen LogP contribution in [0.2, 0.25) is 0 Å². The fraction of sp³-hybridized carbons (Fsp3) is 0.250. The Morgan fingerprint density at radius 1 is 0.969 bits per heavy atom. The van der Waals surface area contributed by atoms with E-state index in [9.17, 15) is 29.6 Å². The van der Waals surface area contributed by atoms with E-state index >= 15 is 0 Å². The SMILES string of the molecule is COC(=O)C1=C(O)[C@H](C(=O)OC)[C@@H](c2ccc(F)cc2)C(C#N)(C#N)[C@@H]1c1ccccc1. The van der Waals surface area contributed by atoms with Gasteiger partial charge < -0.3 is 14.6 Å². The third-order valence-corrected chi connectivity index (χ3v) is 5.73. The minimum Gasteiger partial charge on any atom is -0.511 e. The summed E-state index contributed by atoms with van der Waals surface area (Å²) in [4.78, 5) is 25.6. The maximum absolute atomic E-state index is 13.6. The summed E-state index contributed by atoms with van der Waals surface area (Å²) >= 11 is 0.